The molecular weight excluding hydrogens is 1480 g/mol. The van der Waals surface area contributed by atoms with E-state index < -0.39 is 0 Å². The number of rotatable bonds is 43. The molecule has 0 aliphatic heterocycles. The molecule has 0 unspecified atom stereocenters. The zero-order chi connectivity index (χ0) is 70.9. The van der Waals surface area contributed by atoms with E-state index in [9.17, 15) is 4.79 Å². The summed E-state index contributed by atoms with van der Waals surface area (Å²) in [6, 6.07) is 43.8. The van der Waals surface area contributed by atoms with Crippen LogP contribution in [0.5, 0.6) is 0 Å². The summed E-state index contributed by atoms with van der Waals surface area (Å²) in [5, 5.41) is 0. The predicted molar refractivity (Wildman–Crippen MR) is 473 cm³/mol. The normalized spacial score (nSPS) is 12.8. The van der Waals surface area contributed by atoms with Gasteiger partial charge in [-0.3, -0.25) is 4.79 Å². The number of carbonyl (C=O) groups excluding carboxylic acids is 1. The van der Waals surface area contributed by atoms with Gasteiger partial charge in [-0.25, -0.2) is 0 Å². The van der Waals surface area contributed by atoms with Crippen LogP contribution in [-0.4, -0.2) is 6.29 Å². The van der Waals surface area contributed by atoms with E-state index in [1.165, 1.54) is 306 Å². The van der Waals surface area contributed by atoms with Crippen molar-refractivity contribution in [2.75, 3.05) is 0 Å². The van der Waals surface area contributed by atoms with E-state index in [4.69, 9.17) is 0 Å². The zero-order valence-corrected chi connectivity index (χ0v) is 71.1. The molecule has 12 heterocycles. The summed E-state index contributed by atoms with van der Waals surface area (Å²) >= 11 is 23.7. The van der Waals surface area contributed by atoms with Crippen LogP contribution in [-0.2, 0) is 38.5 Å². The summed E-state index contributed by atoms with van der Waals surface area (Å²) in [4.78, 5) is 45.1. The quantitative estimate of drug-likeness (QED) is 0.0275. The Bertz CT molecular complexity index is 4570. The first-order valence-corrected chi connectivity index (χ1v) is 48.6. The molecule has 103 heavy (non-hydrogen) atoms. The van der Waals surface area contributed by atoms with Gasteiger partial charge in [0, 0.05) is 118 Å². The largest absolute Gasteiger partial charge is 0.297 e. The van der Waals surface area contributed by atoms with Gasteiger partial charge in [0.1, 0.15) is 0 Å². The number of aryl methyl sites for hydroxylation is 6. The van der Waals surface area contributed by atoms with Gasteiger partial charge in [0.2, 0.25) is 0 Å². The van der Waals surface area contributed by atoms with Crippen LogP contribution >= 0.6 is 136 Å². The molecule has 0 saturated heterocycles. The number of carbonyl (C=O) groups is 1. The summed E-state index contributed by atoms with van der Waals surface area (Å²) in [7, 11) is 0. The first-order chi connectivity index (χ1) is 50.7. The minimum atomic E-state index is 0.839. The summed E-state index contributed by atoms with van der Waals surface area (Å²) in [6.07, 6.45) is 46.9. The average molecular weight is 1580 g/mol. The molecule has 1 saturated carbocycles. The van der Waals surface area contributed by atoms with Crippen molar-refractivity contribution in [3.63, 3.8) is 0 Å². The minimum absolute atomic E-state index is 0.839. The molecule has 12 aromatic rings. The Kier molecular flexibility index (Phi) is 29.2. The van der Waals surface area contributed by atoms with Gasteiger partial charge in [-0.2, -0.15) is 0 Å². The lowest BCUT2D eigenvalue weighted by atomic mass is 10.0. The molecule has 0 amide bonds. The standard InChI is InChI=1S/C90H101OS12/c1-7-13-19-25-35-61-53-67(59-91)92-85(61)74-47-41-68(93-74)69-43-49-76(95-69)87-63(37-27-21-15-9-3)55-81(100-87)82-57-65(39-29-23-17-11-5)89(102-82)78-51-45-72(97-78)73-46-52-79(98-73)90-66(40-30-24-18-12-6)58-84(103-90)83-56-64(38-28-22-16-10-4)88(101-83)77-50-44-71(96-77)70-42-48-75(94-70)86-62(36-26-20-14-8-2)54-80(99-86)60-33-31-32-34-60/h31-34,41-59H,7-30,35-40H2,1-6H3. The van der Waals surface area contributed by atoms with Crippen LogP contribution < -0.4 is 0 Å². The molecule has 5 radical (unpaired) electrons. The molecule has 13 rings (SSSR count). The van der Waals surface area contributed by atoms with Gasteiger partial charge in [-0.1, -0.05) is 157 Å². The van der Waals surface area contributed by atoms with Crippen LogP contribution in [0.4, 0.5) is 0 Å². The van der Waals surface area contributed by atoms with Crippen LogP contribution in [0.15, 0.2) is 109 Å². The lowest BCUT2D eigenvalue weighted by Gasteiger charge is -2.02. The topological polar surface area (TPSA) is 17.1 Å². The van der Waals surface area contributed by atoms with Gasteiger partial charge in [-0.05, 0) is 245 Å². The second-order valence-electron chi connectivity index (χ2n) is 28.0. The van der Waals surface area contributed by atoms with Crippen molar-refractivity contribution >= 4 is 142 Å². The van der Waals surface area contributed by atoms with Crippen molar-refractivity contribution in [3.05, 3.63) is 184 Å². The summed E-state index contributed by atoms with van der Waals surface area (Å²) in [5.41, 5.74) is 8.95. The van der Waals surface area contributed by atoms with Crippen molar-refractivity contribution in [3.8, 4) is 107 Å². The third kappa shape index (κ3) is 19.6. The maximum atomic E-state index is 12.0. The van der Waals surface area contributed by atoms with E-state index in [1.54, 1.807) is 11.3 Å². The summed E-state index contributed by atoms with van der Waals surface area (Å²) < 4.78 is 0. The molecule has 0 atom stereocenters. The Labute approximate surface area is 665 Å². The van der Waals surface area contributed by atoms with Gasteiger partial charge >= 0.3 is 0 Å². The Morgan fingerprint density at radius 2 is 0.437 bits per heavy atom. The maximum Gasteiger partial charge on any atom is 0.160 e. The van der Waals surface area contributed by atoms with E-state index in [1.807, 2.05) is 113 Å². The molecule has 0 bridgehead atoms. The monoisotopic (exact) mass is 1580 g/mol. The molecule has 1 aliphatic rings. The Morgan fingerprint density at radius 1 is 0.223 bits per heavy atom. The van der Waals surface area contributed by atoms with Crippen molar-refractivity contribution in [1.29, 1.82) is 0 Å². The molecule has 539 valence electrons. The third-order valence-electron chi connectivity index (χ3n) is 19.9. The minimum Gasteiger partial charge on any atom is -0.297 e. The Hall–Kier alpha value is -3.93. The maximum absolute atomic E-state index is 12.0. The Morgan fingerprint density at radius 3 is 0.680 bits per heavy atom. The van der Waals surface area contributed by atoms with E-state index in [-0.39, 0.29) is 0 Å². The lowest BCUT2D eigenvalue weighted by molar-refractivity contribution is 0.112. The highest BCUT2D eigenvalue weighted by Crippen LogP contribution is 2.54. The molecule has 13 heteroatoms. The number of hydrogen-bond acceptors (Lipinski definition) is 13. The van der Waals surface area contributed by atoms with Crippen LogP contribution in [0.3, 0.4) is 0 Å². The van der Waals surface area contributed by atoms with E-state index in [2.05, 4.69) is 188 Å². The van der Waals surface area contributed by atoms with Crippen LogP contribution in [0.25, 0.3) is 107 Å². The summed E-state index contributed by atoms with van der Waals surface area (Å²) in [6.45, 7) is 13.9. The van der Waals surface area contributed by atoms with E-state index in [0.717, 1.165) is 49.7 Å². The zero-order valence-electron chi connectivity index (χ0n) is 61.3. The number of hydrogen-bond donors (Lipinski definition) is 0. The van der Waals surface area contributed by atoms with Crippen molar-refractivity contribution in [1.82, 2.24) is 0 Å². The molecule has 0 spiro atoms. The van der Waals surface area contributed by atoms with Crippen LogP contribution in [0, 0.1) is 31.6 Å². The molecule has 12 aromatic heterocycles. The van der Waals surface area contributed by atoms with E-state index >= 15 is 0 Å². The van der Waals surface area contributed by atoms with Gasteiger partial charge in [0.05, 0.1) is 4.88 Å². The van der Waals surface area contributed by atoms with Gasteiger partial charge in [0.15, 0.2) is 6.29 Å². The fourth-order valence-electron chi connectivity index (χ4n) is 14.2. The fraction of sp³-hybridized carbons (Fsp3) is 0.400. The van der Waals surface area contributed by atoms with Crippen LogP contribution in [0.1, 0.15) is 244 Å². The molecular formula is C90H101OS12. The molecule has 0 N–H and O–H groups in total. The number of thiophene rings is 12. The van der Waals surface area contributed by atoms with Gasteiger partial charge in [-0.15, -0.1) is 136 Å². The van der Waals surface area contributed by atoms with Crippen molar-refractivity contribution in [2.24, 2.45) is 0 Å². The highest BCUT2D eigenvalue weighted by atomic mass is 32.1. The van der Waals surface area contributed by atoms with E-state index in [0.29, 0.717) is 0 Å². The third-order valence-corrected chi connectivity index (χ3v) is 35.5. The Balaban J connectivity index is 0.765. The highest BCUT2D eigenvalue weighted by Gasteiger charge is 2.27. The molecule has 1 aliphatic carbocycles. The fourth-order valence-corrected chi connectivity index (χ4v) is 28.6. The first-order valence-electron chi connectivity index (χ1n) is 38.8. The molecule has 1 fully saturated rings. The highest BCUT2D eigenvalue weighted by molar-refractivity contribution is 7.33. The molecule has 0 aromatic carbocycles. The van der Waals surface area contributed by atoms with Crippen molar-refractivity contribution < 1.29 is 4.79 Å². The smallest absolute Gasteiger partial charge is 0.160 e. The summed E-state index contributed by atoms with van der Waals surface area (Å²) in [5.74, 6) is 1.35. The average Bonchev–Trinajstić information content (AvgIpc) is 1.62. The number of aldehydes is 1. The number of unbranched alkanes of at least 4 members (excludes halogenated alkanes) is 18. The SMILES string of the molecule is CCCCCCc1cc(C=O)sc1-c1ccc(-c2ccc(-c3sc(-c4cc(CCCCCC)c(-c5ccc(-c6ccc(-c7sc(-c8cc(CCCCCC)c(-c9ccc(-c%10ccc(-c%11sc([C]%12[CH][CH][CH][CH]%12)cc%11CCCCCC)s%10)s9)s8)cc7CCCCCC)s6)s5)s4)cc3CCCCCC)s2)s1. The van der Waals surface area contributed by atoms with Crippen molar-refractivity contribution in [2.45, 2.75) is 234 Å². The first kappa shape index (κ1) is 77.2. The van der Waals surface area contributed by atoms with Crippen LogP contribution in [0.2, 0.25) is 0 Å². The molecule has 1 nitrogen and oxygen atoms in total. The van der Waals surface area contributed by atoms with Gasteiger partial charge in [0.25, 0.3) is 0 Å². The second-order valence-corrected chi connectivity index (χ2v) is 40.8. The lowest BCUT2D eigenvalue weighted by Crippen LogP contribution is -1.90. The second kappa shape index (κ2) is 38.9. The van der Waals surface area contributed by atoms with Gasteiger partial charge < -0.3 is 0 Å². The predicted octanol–water partition coefficient (Wildman–Crippen LogP) is 34.1.